The van der Waals surface area contributed by atoms with E-state index in [1.54, 1.807) is 6.07 Å². The molecule has 4 rings (SSSR count). The van der Waals surface area contributed by atoms with Crippen LogP contribution in [0.4, 0.5) is 0 Å². The van der Waals surface area contributed by atoms with Crippen molar-refractivity contribution in [2.75, 3.05) is 13.1 Å². The average molecular weight is 337 g/mol. The van der Waals surface area contributed by atoms with Crippen LogP contribution in [0.15, 0.2) is 36.4 Å². The molecule has 25 heavy (non-hydrogen) atoms. The number of primary amides is 1. The van der Waals surface area contributed by atoms with E-state index in [1.807, 2.05) is 35.2 Å². The third-order valence-electron chi connectivity index (χ3n) is 4.83. The first-order valence-electron chi connectivity index (χ1n) is 8.34. The highest BCUT2D eigenvalue weighted by atomic mass is 16.2. The lowest BCUT2D eigenvalue weighted by Gasteiger charge is -2.31. The molecule has 0 aliphatic carbocycles. The van der Waals surface area contributed by atoms with Gasteiger partial charge in [-0.05, 0) is 31.0 Å². The van der Waals surface area contributed by atoms with Gasteiger partial charge in [0, 0.05) is 35.6 Å². The molecule has 0 atom stereocenters. The van der Waals surface area contributed by atoms with Gasteiger partial charge in [-0.1, -0.05) is 18.2 Å². The van der Waals surface area contributed by atoms with E-state index in [0.717, 1.165) is 29.4 Å². The number of likely N-dealkylation sites (tertiary alicyclic amines) is 1. The molecule has 2 amide bonds. The van der Waals surface area contributed by atoms with E-state index in [-0.39, 0.29) is 17.5 Å². The number of amides is 2. The molecule has 0 saturated carbocycles. The number of aromatic amines is 2. The smallest absolute Gasteiger partial charge is 0.270 e. The number of nitrogens with one attached hydrogen (secondary N) is 2. The first kappa shape index (κ1) is 15.4. The summed E-state index contributed by atoms with van der Waals surface area (Å²) < 4.78 is 0. The minimum Gasteiger partial charge on any atom is -0.364 e. The predicted octanol–water partition coefficient (Wildman–Crippen LogP) is 2.01. The van der Waals surface area contributed by atoms with E-state index in [0.29, 0.717) is 18.8 Å². The number of H-pyrrole nitrogens is 2. The van der Waals surface area contributed by atoms with Crippen molar-refractivity contribution >= 4 is 22.7 Å². The lowest BCUT2D eigenvalue weighted by molar-refractivity contribution is 0.0707. The Morgan fingerprint density at radius 1 is 1.16 bits per heavy atom. The number of nitrogens with two attached hydrogens (primary N) is 1. The molecule has 0 unspecified atom stereocenters. The first-order valence-corrected chi connectivity index (χ1v) is 8.34. The fraction of sp³-hybridized carbons (Fsp3) is 0.278. The van der Waals surface area contributed by atoms with E-state index >= 15 is 0 Å². The van der Waals surface area contributed by atoms with Crippen molar-refractivity contribution < 1.29 is 9.59 Å². The molecular weight excluding hydrogens is 318 g/mol. The predicted molar refractivity (Wildman–Crippen MR) is 93.3 cm³/mol. The van der Waals surface area contributed by atoms with Gasteiger partial charge >= 0.3 is 0 Å². The fourth-order valence-electron chi connectivity index (χ4n) is 3.42. The topological polar surface area (TPSA) is 108 Å². The Balaban J connectivity index is 1.44. The van der Waals surface area contributed by atoms with Crippen LogP contribution in [-0.4, -0.2) is 45.0 Å². The number of hydrogen-bond acceptors (Lipinski definition) is 3. The number of rotatable bonds is 3. The minimum absolute atomic E-state index is 0.0251. The molecule has 3 aromatic rings. The number of fused-ring (bicyclic) bond motifs is 1. The summed E-state index contributed by atoms with van der Waals surface area (Å²) in [4.78, 5) is 28.9. The zero-order valence-corrected chi connectivity index (χ0v) is 13.7. The van der Waals surface area contributed by atoms with Crippen molar-refractivity contribution in [3.63, 3.8) is 0 Å². The first-order chi connectivity index (χ1) is 12.1. The van der Waals surface area contributed by atoms with Crippen molar-refractivity contribution in [2.45, 2.75) is 18.8 Å². The normalized spacial score (nSPS) is 15.6. The Morgan fingerprint density at radius 2 is 1.92 bits per heavy atom. The van der Waals surface area contributed by atoms with Gasteiger partial charge in [-0.2, -0.15) is 5.10 Å². The van der Waals surface area contributed by atoms with Crippen LogP contribution in [0.2, 0.25) is 0 Å². The Kier molecular flexibility index (Phi) is 3.76. The summed E-state index contributed by atoms with van der Waals surface area (Å²) in [6.07, 6.45) is 1.65. The molecule has 1 aliphatic heterocycles. The summed E-state index contributed by atoms with van der Waals surface area (Å²) in [5, 5.41) is 7.86. The van der Waals surface area contributed by atoms with Crippen LogP contribution in [0.25, 0.3) is 10.9 Å². The van der Waals surface area contributed by atoms with Gasteiger partial charge in [-0.3, -0.25) is 14.7 Å². The van der Waals surface area contributed by atoms with Gasteiger partial charge in [0.25, 0.3) is 11.8 Å². The van der Waals surface area contributed by atoms with E-state index in [9.17, 15) is 9.59 Å². The summed E-state index contributed by atoms with van der Waals surface area (Å²) >= 11 is 0. The zero-order chi connectivity index (χ0) is 17.4. The highest BCUT2D eigenvalue weighted by Crippen LogP contribution is 2.28. The Bertz CT molecular complexity index is 901. The number of nitrogens with zero attached hydrogens (tertiary/aromatic N) is 2. The molecule has 2 aromatic heterocycles. The number of benzene rings is 1. The van der Waals surface area contributed by atoms with E-state index < -0.39 is 5.91 Å². The van der Waals surface area contributed by atoms with Crippen LogP contribution in [0, 0.1) is 0 Å². The largest absolute Gasteiger partial charge is 0.364 e. The van der Waals surface area contributed by atoms with Gasteiger partial charge < -0.3 is 15.6 Å². The monoisotopic (exact) mass is 337 g/mol. The molecule has 128 valence electrons. The summed E-state index contributed by atoms with van der Waals surface area (Å²) in [7, 11) is 0. The quantitative estimate of drug-likeness (QED) is 0.680. The fourth-order valence-corrected chi connectivity index (χ4v) is 3.42. The van der Waals surface area contributed by atoms with Crippen molar-refractivity contribution in [1.29, 1.82) is 0 Å². The Labute approximate surface area is 144 Å². The lowest BCUT2D eigenvalue weighted by Crippen LogP contribution is -2.38. The van der Waals surface area contributed by atoms with Gasteiger partial charge in [0.2, 0.25) is 0 Å². The molecule has 1 aliphatic rings. The third kappa shape index (κ3) is 2.88. The Hall–Kier alpha value is -3.09. The maximum Gasteiger partial charge on any atom is 0.270 e. The Morgan fingerprint density at radius 3 is 2.60 bits per heavy atom. The van der Waals surface area contributed by atoms with Crippen LogP contribution in [0.1, 0.15) is 45.4 Å². The van der Waals surface area contributed by atoms with Gasteiger partial charge in [-0.25, -0.2) is 0 Å². The van der Waals surface area contributed by atoms with E-state index in [4.69, 9.17) is 5.73 Å². The van der Waals surface area contributed by atoms with Crippen molar-refractivity contribution in [1.82, 2.24) is 20.1 Å². The lowest BCUT2D eigenvalue weighted by atomic mass is 9.93. The van der Waals surface area contributed by atoms with Crippen molar-refractivity contribution in [3.8, 4) is 0 Å². The highest BCUT2D eigenvalue weighted by Gasteiger charge is 2.26. The van der Waals surface area contributed by atoms with Crippen LogP contribution >= 0.6 is 0 Å². The second-order valence-corrected chi connectivity index (χ2v) is 6.41. The average Bonchev–Trinajstić information content (AvgIpc) is 3.28. The summed E-state index contributed by atoms with van der Waals surface area (Å²) in [5.74, 6) is -0.252. The van der Waals surface area contributed by atoms with Crippen LogP contribution in [0.3, 0.4) is 0 Å². The summed E-state index contributed by atoms with van der Waals surface area (Å²) in [6, 6.07) is 11.5. The standard InChI is InChI=1S/C18H19N5O2/c19-17(24)15-10-14(21-22-15)11-5-7-23(8-6-11)18(25)16-9-12-3-1-2-4-13(12)20-16/h1-4,9-11,20H,5-8H2,(H2,19,24)(H,21,22). The number of carbonyl (C=O) groups is 2. The highest BCUT2D eigenvalue weighted by molar-refractivity contribution is 5.98. The molecule has 7 nitrogen and oxygen atoms in total. The molecule has 3 heterocycles. The zero-order valence-electron chi connectivity index (χ0n) is 13.7. The molecule has 0 radical (unpaired) electrons. The van der Waals surface area contributed by atoms with Crippen molar-refractivity contribution in [2.24, 2.45) is 5.73 Å². The second kappa shape index (κ2) is 6.08. The summed E-state index contributed by atoms with van der Waals surface area (Å²) in [5.41, 5.74) is 7.99. The number of hydrogen-bond donors (Lipinski definition) is 3. The van der Waals surface area contributed by atoms with Crippen molar-refractivity contribution in [3.05, 3.63) is 53.5 Å². The van der Waals surface area contributed by atoms with Gasteiger partial charge in [0.1, 0.15) is 11.4 Å². The van der Waals surface area contributed by atoms with E-state index in [1.165, 1.54) is 0 Å². The number of carbonyl (C=O) groups excluding carboxylic acids is 2. The van der Waals surface area contributed by atoms with Crippen LogP contribution in [0.5, 0.6) is 0 Å². The molecule has 0 spiro atoms. The third-order valence-corrected chi connectivity index (χ3v) is 4.83. The number of piperidine rings is 1. The summed E-state index contributed by atoms with van der Waals surface area (Å²) in [6.45, 7) is 1.34. The van der Waals surface area contributed by atoms with Gasteiger partial charge in [0.15, 0.2) is 0 Å². The number of aromatic nitrogens is 3. The van der Waals surface area contributed by atoms with Crippen LogP contribution < -0.4 is 5.73 Å². The SMILES string of the molecule is NC(=O)c1cc(C2CCN(C(=O)c3cc4ccccc4[nH]3)CC2)[nH]n1. The molecule has 7 heteroatoms. The molecule has 0 bridgehead atoms. The van der Waals surface area contributed by atoms with Gasteiger partial charge in [0.05, 0.1) is 0 Å². The molecule has 4 N–H and O–H groups in total. The number of para-hydroxylation sites is 1. The van der Waals surface area contributed by atoms with Gasteiger partial charge in [-0.15, -0.1) is 0 Å². The second-order valence-electron chi connectivity index (χ2n) is 6.41. The maximum atomic E-state index is 12.7. The molecule has 1 saturated heterocycles. The molecular formula is C18H19N5O2. The molecule has 1 aromatic carbocycles. The van der Waals surface area contributed by atoms with Crippen LogP contribution in [-0.2, 0) is 0 Å². The molecule has 1 fully saturated rings. The minimum atomic E-state index is -0.533. The maximum absolute atomic E-state index is 12.7. The van der Waals surface area contributed by atoms with E-state index in [2.05, 4.69) is 15.2 Å².